The van der Waals surface area contributed by atoms with Gasteiger partial charge in [-0.2, -0.15) is 13.2 Å². The van der Waals surface area contributed by atoms with E-state index in [1.54, 1.807) is 0 Å². The number of likely N-dealkylation sites (tertiary alicyclic amines) is 1. The second kappa shape index (κ2) is 9.59. The second-order valence-corrected chi connectivity index (χ2v) is 8.95. The van der Waals surface area contributed by atoms with Crippen molar-refractivity contribution in [2.75, 3.05) is 11.9 Å². The molecule has 7 nitrogen and oxygen atoms in total. The average molecular weight is 528 g/mol. The summed E-state index contributed by atoms with van der Waals surface area (Å²) in [5.74, 6) is -6.38. The van der Waals surface area contributed by atoms with E-state index >= 15 is 0 Å². The van der Waals surface area contributed by atoms with Gasteiger partial charge in [0.25, 0.3) is 18.3 Å². The lowest BCUT2D eigenvalue weighted by Gasteiger charge is -2.22. The highest BCUT2D eigenvalue weighted by Crippen LogP contribution is 2.40. The Hall–Kier alpha value is -2.97. The van der Waals surface area contributed by atoms with E-state index in [4.69, 9.17) is 0 Å². The number of carboxylic acid groups (broad SMARTS) is 1. The van der Waals surface area contributed by atoms with E-state index in [2.05, 4.69) is 9.97 Å². The summed E-state index contributed by atoms with van der Waals surface area (Å²) in [6.07, 6.45) is -8.22. The van der Waals surface area contributed by atoms with Crippen LogP contribution in [0.5, 0.6) is 0 Å². The normalized spacial score (nSPS) is 18.7. The Morgan fingerprint density at radius 3 is 2.49 bits per heavy atom. The molecule has 0 aromatic carbocycles. The molecule has 192 valence electrons. The summed E-state index contributed by atoms with van der Waals surface area (Å²) in [7, 11) is 0. The predicted octanol–water partition coefficient (Wildman–Crippen LogP) is 5.46. The van der Waals surface area contributed by atoms with Crippen molar-refractivity contribution in [2.24, 2.45) is 0 Å². The zero-order valence-electron chi connectivity index (χ0n) is 18.2. The van der Waals surface area contributed by atoms with Crippen molar-refractivity contribution in [1.82, 2.24) is 14.9 Å². The molecular weight excluding hydrogens is 509 g/mol. The lowest BCUT2D eigenvalue weighted by atomic mass is 10.1. The maximum absolute atomic E-state index is 13.9. The van der Waals surface area contributed by atoms with Crippen LogP contribution in [0.1, 0.15) is 59.0 Å². The molecule has 0 spiro atoms. The summed E-state index contributed by atoms with van der Waals surface area (Å²) >= 11 is 0.350. The average Bonchev–Trinajstić information content (AvgIpc) is 3.30. The molecule has 1 aliphatic rings. The smallest absolute Gasteiger partial charge is 0.408 e. The Morgan fingerprint density at radius 2 is 2.00 bits per heavy atom. The number of amides is 1. The van der Waals surface area contributed by atoms with E-state index < -0.39 is 89.5 Å². The number of halogens is 7. The quantitative estimate of drug-likeness (QED) is 0.464. The first-order chi connectivity index (χ1) is 16.1. The van der Waals surface area contributed by atoms with Crippen molar-refractivity contribution < 1.29 is 45.4 Å². The number of carboxylic acids is 1. The van der Waals surface area contributed by atoms with E-state index in [1.807, 2.05) is 5.32 Å². The van der Waals surface area contributed by atoms with Crippen LogP contribution in [0.4, 0.5) is 36.6 Å². The number of aromatic nitrogens is 2. The van der Waals surface area contributed by atoms with E-state index in [0.717, 1.165) is 11.1 Å². The van der Waals surface area contributed by atoms with Crippen LogP contribution in [-0.2, 0) is 0 Å². The zero-order chi connectivity index (χ0) is 26.3. The number of anilines is 1. The van der Waals surface area contributed by atoms with E-state index in [-0.39, 0.29) is 4.88 Å². The van der Waals surface area contributed by atoms with Crippen LogP contribution in [0.3, 0.4) is 0 Å². The summed E-state index contributed by atoms with van der Waals surface area (Å²) in [6, 6.07) is -2.34. The molecule has 0 saturated carbocycles. The van der Waals surface area contributed by atoms with Crippen LogP contribution in [0, 0.1) is 0 Å². The van der Waals surface area contributed by atoms with Crippen LogP contribution >= 0.6 is 11.3 Å². The number of pyridine rings is 1. The SMILES string of the molecule is CCC(Nc1cc(C(F)F)c(-c2sc(C(=O)O)nc2C(=O)N2CC(F)(F)C[C@@H]2C)cn1)C(F)(F)F. The Kier molecular flexibility index (Phi) is 7.29. The molecule has 0 aliphatic carbocycles. The van der Waals surface area contributed by atoms with Crippen LogP contribution in [0.2, 0.25) is 0 Å². The van der Waals surface area contributed by atoms with Crippen LogP contribution < -0.4 is 5.32 Å². The lowest BCUT2D eigenvalue weighted by molar-refractivity contribution is -0.142. The summed E-state index contributed by atoms with van der Waals surface area (Å²) in [4.78, 5) is 32.3. The van der Waals surface area contributed by atoms with Crippen molar-refractivity contribution in [3.63, 3.8) is 0 Å². The molecule has 1 saturated heterocycles. The van der Waals surface area contributed by atoms with Gasteiger partial charge in [0.05, 0.1) is 11.4 Å². The van der Waals surface area contributed by atoms with Gasteiger partial charge < -0.3 is 15.3 Å². The Balaban J connectivity index is 2.08. The van der Waals surface area contributed by atoms with Gasteiger partial charge in [-0.05, 0) is 19.4 Å². The largest absolute Gasteiger partial charge is 0.476 e. The third-order valence-corrected chi connectivity index (χ3v) is 6.42. The maximum atomic E-state index is 13.9. The van der Waals surface area contributed by atoms with Gasteiger partial charge in [-0.1, -0.05) is 6.92 Å². The standard InChI is InChI=1S/C20H19F7N4O3S/c1-3-11(20(25,26)27)29-12-4-9(15(21)22)10(6-28-12)14-13(30-16(35-14)18(33)34)17(32)31-7-19(23,24)5-8(31)2/h4,6,8,11,15H,3,5,7H2,1-2H3,(H,28,29)(H,33,34)/t8-,11?/m0/s1. The fraction of sp³-hybridized carbons (Fsp3) is 0.500. The third-order valence-electron chi connectivity index (χ3n) is 5.34. The lowest BCUT2D eigenvalue weighted by Crippen LogP contribution is -2.36. The summed E-state index contributed by atoms with van der Waals surface area (Å²) in [5.41, 5.74) is -1.92. The highest BCUT2D eigenvalue weighted by molar-refractivity contribution is 7.17. The van der Waals surface area contributed by atoms with Crippen LogP contribution in [0.15, 0.2) is 12.3 Å². The number of hydrogen-bond acceptors (Lipinski definition) is 6. The fourth-order valence-electron chi connectivity index (χ4n) is 3.67. The Bertz CT molecular complexity index is 1120. The van der Waals surface area contributed by atoms with Gasteiger partial charge in [0.15, 0.2) is 0 Å². The van der Waals surface area contributed by atoms with Crippen molar-refractivity contribution in [2.45, 2.75) is 57.3 Å². The van der Waals surface area contributed by atoms with Gasteiger partial charge >= 0.3 is 12.1 Å². The first-order valence-corrected chi connectivity index (χ1v) is 11.0. The molecule has 0 radical (unpaired) electrons. The number of carbonyl (C=O) groups excluding carboxylic acids is 1. The van der Waals surface area contributed by atoms with Crippen molar-refractivity contribution in [3.8, 4) is 10.4 Å². The number of aromatic carboxylic acids is 1. The van der Waals surface area contributed by atoms with E-state index in [1.165, 1.54) is 13.8 Å². The first-order valence-electron chi connectivity index (χ1n) is 10.2. The molecule has 1 fully saturated rings. The van der Waals surface area contributed by atoms with Crippen LogP contribution in [0.25, 0.3) is 10.4 Å². The number of carbonyl (C=O) groups is 2. The summed E-state index contributed by atoms with van der Waals surface area (Å²) < 4.78 is 94.6. The summed E-state index contributed by atoms with van der Waals surface area (Å²) in [5, 5.41) is 10.7. The van der Waals surface area contributed by atoms with Gasteiger partial charge in [0.1, 0.15) is 17.6 Å². The minimum atomic E-state index is -4.68. The number of nitrogens with zero attached hydrogens (tertiary/aromatic N) is 3. The van der Waals surface area contributed by atoms with Gasteiger partial charge in [0, 0.05) is 29.8 Å². The second-order valence-electron chi connectivity index (χ2n) is 7.95. The number of alkyl halides is 7. The molecule has 2 atom stereocenters. The van der Waals surface area contributed by atoms with Crippen molar-refractivity contribution in [3.05, 3.63) is 28.5 Å². The molecule has 2 N–H and O–H groups in total. The molecule has 2 aromatic rings. The number of rotatable bonds is 7. The molecule has 3 heterocycles. The Labute approximate surface area is 198 Å². The van der Waals surface area contributed by atoms with Crippen molar-refractivity contribution >= 4 is 29.0 Å². The van der Waals surface area contributed by atoms with Crippen LogP contribution in [-0.4, -0.2) is 62.6 Å². The van der Waals surface area contributed by atoms with Gasteiger partial charge in [-0.15, -0.1) is 11.3 Å². The topological polar surface area (TPSA) is 95.4 Å². The third kappa shape index (κ3) is 5.65. The van der Waals surface area contributed by atoms with E-state index in [9.17, 15) is 45.4 Å². The van der Waals surface area contributed by atoms with E-state index in [0.29, 0.717) is 17.4 Å². The first kappa shape index (κ1) is 26.6. The highest BCUT2D eigenvalue weighted by atomic mass is 32.1. The molecule has 2 aromatic heterocycles. The minimum Gasteiger partial charge on any atom is -0.476 e. The molecule has 35 heavy (non-hydrogen) atoms. The summed E-state index contributed by atoms with van der Waals surface area (Å²) in [6.45, 7) is 1.62. The Morgan fingerprint density at radius 1 is 1.34 bits per heavy atom. The predicted molar refractivity (Wildman–Crippen MR) is 111 cm³/mol. The highest BCUT2D eigenvalue weighted by Gasteiger charge is 2.46. The molecule has 1 unspecified atom stereocenters. The number of hydrogen-bond donors (Lipinski definition) is 2. The molecular formula is C20H19F7N4O3S. The fourth-order valence-corrected chi connectivity index (χ4v) is 4.60. The van der Waals surface area contributed by atoms with Gasteiger partial charge in [-0.3, -0.25) is 4.79 Å². The molecule has 15 heteroatoms. The molecule has 1 aliphatic heterocycles. The molecule has 3 rings (SSSR count). The molecule has 1 amide bonds. The maximum Gasteiger partial charge on any atom is 0.408 e. The number of nitrogens with one attached hydrogen (secondary N) is 1. The number of thiazole rings is 1. The molecule has 0 bridgehead atoms. The van der Waals surface area contributed by atoms with Gasteiger partial charge in [0.2, 0.25) is 5.01 Å². The zero-order valence-corrected chi connectivity index (χ0v) is 19.0. The van der Waals surface area contributed by atoms with Gasteiger partial charge in [-0.25, -0.2) is 32.3 Å². The van der Waals surface area contributed by atoms with Crippen molar-refractivity contribution in [1.29, 1.82) is 0 Å². The monoisotopic (exact) mass is 528 g/mol. The minimum absolute atomic E-state index is 0.350.